The van der Waals surface area contributed by atoms with E-state index < -0.39 is 0 Å². The lowest BCUT2D eigenvalue weighted by Crippen LogP contribution is -1.88. The summed E-state index contributed by atoms with van der Waals surface area (Å²) in [6.07, 6.45) is 6.31. The van der Waals surface area contributed by atoms with E-state index in [0.29, 0.717) is 0 Å². The van der Waals surface area contributed by atoms with E-state index in [1.54, 1.807) is 0 Å². The lowest BCUT2D eigenvalue weighted by Gasteiger charge is -2.03. The monoisotopic (exact) mass is 200 g/mol. The van der Waals surface area contributed by atoms with E-state index in [2.05, 4.69) is 44.3 Å². The second-order valence-corrected chi connectivity index (χ2v) is 3.93. The number of hydrogen-bond acceptors (Lipinski definition) is 0. The second kappa shape index (κ2) is 6.23. The van der Waals surface area contributed by atoms with E-state index in [1.165, 1.54) is 24.0 Å². The zero-order valence-corrected chi connectivity index (χ0v) is 9.63. The Hall–Kier alpha value is -1.30. The van der Waals surface area contributed by atoms with Crippen LogP contribution in [0.5, 0.6) is 0 Å². The lowest BCUT2D eigenvalue weighted by molar-refractivity contribution is 0.915. The van der Waals surface area contributed by atoms with Gasteiger partial charge in [-0.2, -0.15) is 0 Å². The Kier molecular flexibility index (Phi) is 4.89. The molecule has 0 nitrogen and oxygen atoms in total. The van der Waals surface area contributed by atoms with E-state index in [1.807, 2.05) is 6.08 Å². The molecule has 0 aliphatic heterocycles. The Bertz CT molecular complexity index is 316. The van der Waals surface area contributed by atoms with Gasteiger partial charge in [-0.05, 0) is 30.4 Å². The number of allylic oxidation sites excluding steroid dienone is 2. The first-order valence-electron chi connectivity index (χ1n) is 5.64. The molecule has 1 aromatic carbocycles. The molecule has 0 heteroatoms. The highest BCUT2D eigenvalue weighted by Gasteiger charge is 1.95. The maximum atomic E-state index is 3.92. The molecule has 15 heavy (non-hydrogen) atoms. The number of aryl methyl sites for hydroxylation is 2. The predicted molar refractivity (Wildman–Crippen MR) is 68.1 cm³/mol. The molecule has 1 rings (SSSR count). The standard InChI is InChI=1S/C15H20/c1-4-6-14-9-11-15(12-10-14)8-7-13(3)5-2/h5,9-12H,2-4,6-8H2,1H3. The largest absolute Gasteiger partial charge is 0.0988 e. The maximum Gasteiger partial charge on any atom is -0.0238 e. The highest BCUT2D eigenvalue weighted by Crippen LogP contribution is 2.11. The fraction of sp³-hybridized carbons (Fsp3) is 0.333. The molecule has 0 unspecified atom stereocenters. The van der Waals surface area contributed by atoms with E-state index in [-0.39, 0.29) is 0 Å². The Morgan fingerprint density at radius 3 is 2.13 bits per heavy atom. The van der Waals surface area contributed by atoms with Crippen LogP contribution < -0.4 is 0 Å². The van der Waals surface area contributed by atoms with Gasteiger partial charge in [-0.25, -0.2) is 0 Å². The summed E-state index contributed by atoms with van der Waals surface area (Å²) in [5.41, 5.74) is 3.94. The van der Waals surface area contributed by atoms with Gasteiger partial charge in [0.15, 0.2) is 0 Å². The zero-order valence-electron chi connectivity index (χ0n) is 9.63. The van der Waals surface area contributed by atoms with Crippen molar-refractivity contribution in [3.05, 3.63) is 60.2 Å². The quantitative estimate of drug-likeness (QED) is 0.600. The van der Waals surface area contributed by atoms with Crippen molar-refractivity contribution < 1.29 is 0 Å². The molecule has 1 aromatic rings. The van der Waals surface area contributed by atoms with Gasteiger partial charge in [0.1, 0.15) is 0 Å². The molecule has 0 aromatic heterocycles. The molecule has 80 valence electrons. The van der Waals surface area contributed by atoms with Crippen LogP contribution in [-0.2, 0) is 12.8 Å². The minimum atomic E-state index is 1.01. The first-order chi connectivity index (χ1) is 7.26. The summed E-state index contributed by atoms with van der Waals surface area (Å²) in [7, 11) is 0. The molecule has 0 aliphatic rings. The average molecular weight is 200 g/mol. The summed E-state index contributed by atoms with van der Waals surface area (Å²) in [5.74, 6) is 0. The first-order valence-corrected chi connectivity index (χ1v) is 5.64. The third-order valence-corrected chi connectivity index (χ3v) is 2.59. The van der Waals surface area contributed by atoms with Crippen LogP contribution in [0.3, 0.4) is 0 Å². The highest BCUT2D eigenvalue weighted by molar-refractivity contribution is 5.24. The van der Waals surface area contributed by atoms with Crippen LogP contribution in [0, 0.1) is 0 Å². The van der Waals surface area contributed by atoms with Crippen molar-refractivity contribution in [3.8, 4) is 0 Å². The van der Waals surface area contributed by atoms with Gasteiger partial charge in [0, 0.05) is 0 Å². The third kappa shape index (κ3) is 4.16. The molecule has 0 saturated heterocycles. The fourth-order valence-electron chi connectivity index (χ4n) is 1.57. The summed E-state index contributed by atoms with van der Waals surface area (Å²) >= 11 is 0. The fourth-order valence-corrected chi connectivity index (χ4v) is 1.57. The zero-order chi connectivity index (χ0) is 11.1. The second-order valence-electron chi connectivity index (χ2n) is 3.93. The van der Waals surface area contributed by atoms with Crippen molar-refractivity contribution >= 4 is 0 Å². The van der Waals surface area contributed by atoms with Crippen molar-refractivity contribution in [2.24, 2.45) is 0 Å². The van der Waals surface area contributed by atoms with Crippen molar-refractivity contribution in [2.75, 3.05) is 0 Å². The SMILES string of the molecule is C=CC(=C)CCc1ccc(CCC)cc1. The van der Waals surface area contributed by atoms with Gasteiger partial charge >= 0.3 is 0 Å². The number of benzene rings is 1. The molecule has 0 heterocycles. The summed E-state index contributed by atoms with van der Waals surface area (Å²) in [5, 5.41) is 0. The van der Waals surface area contributed by atoms with Gasteiger partial charge < -0.3 is 0 Å². The molecule has 0 fully saturated rings. The number of hydrogen-bond donors (Lipinski definition) is 0. The lowest BCUT2D eigenvalue weighted by atomic mass is 10.0. The van der Waals surface area contributed by atoms with Crippen LogP contribution in [-0.4, -0.2) is 0 Å². The third-order valence-electron chi connectivity index (χ3n) is 2.59. The summed E-state index contributed by atoms with van der Waals surface area (Å²) in [6.45, 7) is 9.84. The van der Waals surface area contributed by atoms with Gasteiger partial charge in [0.25, 0.3) is 0 Å². The average Bonchev–Trinajstić information content (AvgIpc) is 2.28. The Morgan fingerprint density at radius 2 is 1.67 bits per heavy atom. The van der Waals surface area contributed by atoms with Crippen molar-refractivity contribution in [1.29, 1.82) is 0 Å². The summed E-state index contributed by atoms with van der Waals surface area (Å²) in [6, 6.07) is 8.91. The molecular formula is C15H20. The predicted octanol–water partition coefficient (Wildman–Crippen LogP) is 4.31. The van der Waals surface area contributed by atoms with Crippen molar-refractivity contribution in [3.63, 3.8) is 0 Å². The van der Waals surface area contributed by atoms with Crippen LogP contribution in [0.15, 0.2) is 49.1 Å². The number of rotatable bonds is 6. The highest BCUT2D eigenvalue weighted by atomic mass is 14.0. The van der Waals surface area contributed by atoms with E-state index in [0.717, 1.165) is 18.4 Å². The van der Waals surface area contributed by atoms with Gasteiger partial charge in [0.05, 0.1) is 0 Å². The van der Waals surface area contributed by atoms with Crippen molar-refractivity contribution in [2.45, 2.75) is 32.6 Å². The Labute approximate surface area is 93.3 Å². The van der Waals surface area contributed by atoms with Crippen molar-refractivity contribution in [1.82, 2.24) is 0 Å². The minimum Gasteiger partial charge on any atom is -0.0988 e. The maximum absolute atomic E-state index is 3.92. The van der Waals surface area contributed by atoms with Gasteiger partial charge in [-0.15, -0.1) is 0 Å². The van der Waals surface area contributed by atoms with Gasteiger partial charge in [0.2, 0.25) is 0 Å². The molecule has 0 spiro atoms. The molecule has 0 radical (unpaired) electrons. The van der Waals surface area contributed by atoms with E-state index in [9.17, 15) is 0 Å². The van der Waals surface area contributed by atoms with E-state index in [4.69, 9.17) is 0 Å². The van der Waals surface area contributed by atoms with Crippen LogP contribution in [0.1, 0.15) is 30.9 Å². The summed E-state index contributed by atoms with van der Waals surface area (Å²) in [4.78, 5) is 0. The molecular weight excluding hydrogens is 180 g/mol. The molecule has 0 N–H and O–H groups in total. The van der Waals surface area contributed by atoms with E-state index >= 15 is 0 Å². The molecule has 0 bridgehead atoms. The minimum absolute atomic E-state index is 1.01. The van der Waals surface area contributed by atoms with Crippen LogP contribution in [0.2, 0.25) is 0 Å². The van der Waals surface area contributed by atoms with Crippen LogP contribution in [0.25, 0.3) is 0 Å². The molecule has 0 saturated carbocycles. The normalized spacial score (nSPS) is 9.93. The van der Waals surface area contributed by atoms with Gasteiger partial charge in [-0.1, -0.05) is 62.4 Å². The topological polar surface area (TPSA) is 0 Å². The Morgan fingerprint density at radius 1 is 1.13 bits per heavy atom. The molecule has 0 atom stereocenters. The van der Waals surface area contributed by atoms with Crippen LogP contribution >= 0.6 is 0 Å². The van der Waals surface area contributed by atoms with Crippen LogP contribution in [0.4, 0.5) is 0 Å². The molecule has 0 amide bonds. The summed E-state index contributed by atoms with van der Waals surface area (Å²) < 4.78 is 0. The Balaban J connectivity index is 2.49. The first kappa shape index (κ1) is 11.8. The van der Waals surface area contributed by atoms with Gasteiger partial charge in [-0.3, -0.25) is 0 Å². The smallest absolute Gasteiger partial charge is 0.0238 e. The molecule has 0 aliphatic carbocycles.